The Bertz CT molecular complexity index is 2180. The molecule has 0 aliphatic carbocycles. The molecule has 48 heteroatoms. The molecule has 12 N–H and O–H groups in total. The molecule has 12 bridgehead atoms. The van der Waals surface area contributed by atoms with Crippen molar-refractivity contribution >= 4 is 106 Å². The summed E-state index contributed by atoms with van der Waals surface area (Å²) in [6, 6.07) is 0. The first kappa shape index (κ1) is 110. The smallest absolute Gasteiger partial charge is 0.550 e. The van der Waals surface area contributed by atoms with Gasteiger partial charge in [-0.1, -0.05) is 0 Å². The molecule has 22 aliphatic heterocycles. The zero-order valence-corrected chi connectivity index (χ0v) is 77.8. The number of rotatable bonds is 36. The maximum atomic E-state index is 12.1. The number of carboxylic acid groups (broad SMARTS) is 6. The van der Waals surface area contributed by atoms with Gasteiger partial charge in [-0.05, 0) is 112 Å². The topological polar surface area (TPSA) is 594 Å². The number of carbonyl (C=O) groups is 6. The van der Waals surface area contributed by atoms with Crippen molar-refractivity contribution in [1.29, 1.82) is 0 Å². The van der Waals surface area contributed by atoms with Crippen LogP contribution < -0.4 is 208 Å². The molecule has 0 aromatic carbocycles. The van der Waals surface area contributed by atoms with Crippen molar-refractivity contribution in [2.45, 2.75) is 261 Å². The van der Waals surface area contributed by atoms with Crippen molar-refractivity contribution in [1.82, 2.24) is 0 Å². The first-order chi connectivity index (χ1) is 48.6. The fraction of sp³-hybridized carbons (Fsp3) is 0.900. The van der Waals surface area contributed by atoms with E-state index in [1.165, 1.54) is 0 Å². The largest absolute Gasteiger partial charge is 1.00 e. The summed E-state index contributed by atoms with van der Waals surface area (Å²) < 4.78 is 75.4. The second-order valence-electron chi connectivity index (χ2n) is 25.1. The zero-order valence-electron chi connectivity index (χ0n) is 60.9. The third kappa shape index (κ3) is 34.0. The molecule has 0 radical (unpaired) electrons. The van der Waals surface area contributed by atoms with Gasteiger partial charge in [0.25, 0.3) is 0 Å². The average Bonchev–Trinajstić information content (AvgIpc) is 0.773. The molecule has 0 aromatic heterocycles. The number of ether oxygens (including phenoxy) is 12. The number of aliphatic carboxylic acids is 6. The van der Waals surface area contributed by atoms with Crippen molar-refractivity contribution in [2.75, 3.05) is 69.0 Å². The van der Waals surface area contributed by atoms with Crippen LogP contribution in [0.2, 0.25) is 0 Å². The predicted molar refractivity (Wildman–Crippen MR) is 343 cm³/mol. The number of carbonyl (C=O) groups excluding carboxylic acids is 6. The van der Waals surface area contributed by atoms with Crippen LogP contribution >= 0.6 is 70.6 Å². The Hall–Kier alpha value is 3.96. The van der Waals surface area contributed by atoms with Gasteiger partial charge in [0.05, 0.1) is 36.6 Å². The van der Waals surface area contributed by atoms with Crippen LogP contribution in [0.3, 0.4) is 0 Å². The summed E-state index contributed by atoms with van der Waals surface area (Å²) in [6.07, 6.45) is -59.3. The van der Waals surface area contributed by atoms with E-state index in [9.17, 15) is 121 Å². The molecule has 22 aliphatic rings. The van der Waals surface area contributed by atoms with Gasteiger partial charge in [0, 0.05) is 70.3 Å². The molecule has 588 valence electrons. The van der Waals surface area contributed by atoms with Gasteiger partial charge in [-0.15, -0.1) is 0 Å². The number of aliphatic hydroxyl groups is 12. The molecule has 22 heterocycles. The van der Waals surface area contributed by atoms with Crippen molar-refractivity contribution in [2.24, 2.45) is 0 Å². The van der Waals surface area contributed by atoms with Gasteiger partial charge in [-0.3, -0.25) is 0 Å². The van der Waals surface area contributed by atoms with Gasteiger partial charge in [-0.25, -0.2) is 0 Å². The summed E-state index contributed by atoms with van der Waals surface area (Å²) in [4.78, 5) is 68.2. The molecule has 0 spiro atoms. The van der Waals surface area contributed by atoms with Crippen molar-refractivity contribution in [3.8, 4) is 0 Å². The van der Waals surface area contributed by atoms with E-state index in [1.54, 1.807) is 0 Å². The Morgan fingerprint density at radius 3 is 0.444 bits per heavy atom. The number of hydrogen-bond donors (Lipinski definition) is 12. The minimum Gasteiger partial charge on any atom is -0.550 e. The summed E-state index contributed by atoms with van der Waals surface area (Å²) in [5.74, 6) is -8.83. The minimum atomic E-state index is -2.19. The molecular formula is C60H90Na6O36S6. The molecule has 36 nitrogen and oxygen atoms in total. The van der Waals surface area contributed by atoms with E-state index in [2.05, 4.69) is 0 Å². The predicted octanol–water partition coefficient (Wildman–Crippen LogP) is -29.4. The Kier molecular flexibility index (Phi) is 57.6. The Morgan fingerprint density at radius 1 is 0.213 bits per heavy atom. The van der Waals surface area contributed by atoms with Crippen LogP contribution in [0.1, 0.15) is 77.0 Å². The molecule has 0 unspecified atom stereocenters. The number of thioether (sulfide) groups is 6. The molecule has 30 atom stereocenters. The van der Waals surface area contributed by atoms with E-state index in [0.29, 0.717) is 0 Å². The minimum absolute atomic E-state index is 0. The Balaban J connectivity index is 0.00000972. The third-order valence-corrected chi connectivity index (χ3v) is 24.2. The number of aliphatic hydroxyl groups excluding tert-OH is 12. The van der Waals surface area contributed by atoms with Crippen molar-refractivity contribution < 1.29 is 355 Å². The summed E-state index contributed by atoms with van der Waals surface area (Å²) in [7, 11) is 0. The molecule has 0 amide bonds. The summed E-state index contributed by atoms with van der Waals surface area (Å²) in [5, 5.41) is 213. The van der Waals surface area contributed by atoms with E-state index < -0.39 is 220 Å². The van der Waals surface area contributed by atoms with E-state index >= 15 is 0 Å². The van der Waals surface area contributed by atoms with Crippen LogP contribution in [0.5, 0.6) is 0 Å². The molecular weight excluding hydrogens is 1630 g/mol. The van der Waals surface area contributed by atoms with Gasteiger partial charge < -0.3 is 178 Å². The zero-order chi connectivity index (χ0) is 74.5. The summed E-state index contributed by atoms with van der Waals surface area (Å²) in [6.45, 7) is 0. The van der Waals surface area contributed by atoms with Gasteiger partial charge in [-0.2, -0.15) is 70.6 Å². The monoisotopic (exact) mass is 1720 g/mol. The van der Waals surface area contributed by atoms with E-state index in [-0.39, 0.29) is 323 Å². The Labute approximate surface area is 781 Å². The summed E-state index contributed by atoms with van der Waals surface area (Å²) >= 11 is 6.34. The van der Waals surface area contributed by atoms with Crippen LogP contribution in [-0.4, -0.2) is 350 Å². The van der Waals surface area contributed by atoms with Crippen LogP contribution in [0.25, 0.3) is 0 Å². The molecule has 0 aromatic rings. The molecule has 108 heavy (non-hydrogen) atoms. The van der Waals surface area contributed by atoms with Crippen LogP contribution in [0.4, 0.5) is 0 Å². The van der Waals surface area contributed by atoms with Crippen LogP contribution in [0.15, 0.2) is 0 Å². The second-order valence-corrected chi connectivity index (χ2v) is 32.0. The molecule has 22 fully saturated rings. The molecule has 22 rings (SSSR count). The molecule has 0 saturated carbocycles. The van der Waals surface area contributed by atoms with Crippen LogP contribution in [0, 0.1) is 0 Å². The van der Waals surface area contributed by atoms with Crippen molar-refractivity contribution in [3.05, 3.63) is 0 Å². The maximum Gasteiger partial charge on any atom is 1.00 e. The Morgan fingerprint density at radius 2 is 0.333 bits per heavy atom. The van der Waals surface area contributed by atoms with Crippen molar-refractivity contribution in [3.63, 3.8) is 0 Å². The number of hydrogen-bond acceptors (Lipinski definition) is 42. The number of carboxylic acids is 6. The fourth-order valence-electron chi connectivity index (χ4n) is 12.0. The van der Waals surface area contributed by atoms with Gasteiger partial charge >= 0.3 is 177 Å². The van der Waals surface area contributed by atoms with Gasteiger partial charge in [0.1, 0.15) is 110 Å². The molecule has 22 saturated heterocycles. The average molecular weight is 1720 g/mol. The SMILES string of the molecule is O=C([O-])CCCSC[C@H]1O[C@@H]2O[C@H]3[C@H](O)[C@@H](O)[C@@H](O[C@H]4[C@H](O)[C@@H](O)[C@@H](O[C@H]5[C@H](O)[C@@H](O)[C@@H](O[C@H]6[C@H](O)[C@@H](O)[C@@H](O[C@H]7[C@H](O)[C@@H](O)[C@@H](O[C@H]1[C@H](O)[C@H]2O)O[C@@H]7CSCCCC(=O)[O-])O[C@@H]6CSCCCC(=O)[O-])O[C@@H]5CSCCCC(=O)[O-])O[C@@H]4CSCCCC(=O)[O-])O[C@@H]3CSCCCC(=O)[O-].[Na+].[Na+].[Na+].[Na+].[Na+].[Na+]. The fourth-order valence-corrected chi connectivity index (χ4v) is 18.1. The maximum absolute atomic E-state index is 12.1. The second kappa shape index (κ2) is 56.6. The van der Waals surface area contributed by atoms with E-state index in [0.717, 1.165) is 70.6 Å². The first-order valence-corrected chi connectivity index (χ1v) is 40.2. The quantitative estimate of drug-likeness (QED) is 0.0205. The first-order valence-electron chi connectivity index (χ1n) is 33.2. The van der Waals surface area contributed by atoms with Crippen LogP contribution in [-0.2, 0) is 85.6 Å². The van der Waals surface area contributed by atoms with E-state index in [4.69, 9.17) is 56.8 Å². The standard InChI is InChI=1S/C60H96O36S6.6Na/c61-31(62)7-1-13-97-19-25-49-37(73)43(79)55(85-25)92-50-26(20-98-14-2-8-32(63)64)87-57(45(81)39(50)75)94-52-28(22-100-16-4-10-34(67)68)89-59(47(83)41(52)77)96-54-30(24-102-18-6-12-36(71)72)90-60(48(84)42(54)78)95-53-29(23-101-17-5-11-35(69)70)88-58(46(82)40(53)76)93-51-27(21-99-15-3-9-33(65)66)86-56(91-49)44(80)38(51)74;;;;;;/h25-30,37-60,73-84H,1-24H2,(H,61,62)(H,63,64)(H,65,66)(H,67,68)(H,69,70)(H,71,72);;;;;;/q;6*+1/p-6/t25-,26-,27-,28-,29-,30-,37-,38-,39-,40-,41-,42-,43-,44-,45-,46-,47-,48-,49-,50-,51-,52-,53-,54-,55-,56-,57-,58-,59-,60-;;;;;;/m1....../s1. The third-order valence-electron chi connectivity index (χ3n) is 17.3. The van der Waals surface area contributed by atoms with Gasteiger partial charge in [0.2, 0.25) is 0 Å². The summed E-state index contributed by atoms with van der Waals surface area (Å²) in [5.41, 5.74) is 0. The van der Waals surface area contributed by atoms with E-state index in [1.807, 2.05) is 0 Å². The normalized spacial score (nSPS) is 37.6. The van der Waals surface area contributed by atoms with Gasteiger partial charge in [0.15, 0.2) is 37.7 Å².